The minimum Gasteiger partial charge on any atom is -0.444 e. The van der Waals surface area contributed by atoms with Gasteiger partial charge in [0.1, 0.15) is 11.2 Å². The zero-order valence-corrected chi connectivity index (χ0v) is 22.2. The summed E-state index contributed by atoms with van der Waals surface area (Å²) in [7, 11) is 0. The van der Waals surface area contributed by atoms with Gasteiger partial charge >= 0.3 is 12.2 Å². The topological polar surface area (TPSA) is 111 Å². The van der Waals surface area contributed by atoms with E-state index >= 15 is 0 Å². The second-order valence-electron chi connectivity index (χ2n) is 10.6. The lowest BCUT2D eigenvalue weighted by atomic mass is 9.96. The van der Waals surface area contributed by atoms with Crippen molar-refractivity contribution in [3.63, 3.8) is 0 Å². The minimum absolute atomic E-state index is 0.0415. The van der Waals surface area contributed by atoms with Gasteiger partial charge in [0.05, 0.1) is 12.1 Å². The summed E-state index contributed by atoms with van der Waals surface area (Å²) in [5, 5.41) is 5.21. The maximum atomic E-state index is 11.5. The van der Waals surface area contributed by atoms with Gasteiger partial charge in [0, 0.05) is 0 Å². The van der Waals surface area contributed by atoms with E-state index in [4.69, 9.17) is 9.47 Å². The number of carbonyl (C=O) groups is 4. The van der Waals surface area contributed by atoms with Crippen molar-refractivity contribution in [1.29, 1.82) is 0 Å². The molecule has 188 valence electrons. The molecule has 1 unspecified atom stereocenters. The number of hydrogen-bond donors (Lipinski definition) is 2. The monoisotopic (exact) mass is 458 g/mol. The molecular formula is C24H46N2O6. The van der Waals surface area contributed by atoms with Gasteiger partial charge in [-0.25, -0.2) is 9.59 Å². The number of carbonyl (C=O) groups excluding carboxylic acids is 4. The summed E-state index contributed by atoms with van der Waals surface area (Å²) in [5.74, 6) is 0.383. The number of Topliss-reactive ketones (excluding diaryl/α,β-unsaturated/α-hetero) is 2. The zero-order valence-electron chi connectivity index (χ0n) is 22.2. The Balaban J connectivity index is 0. The van der Waals surface area contributed by atoms with E-state index in [9.17, 15) is 19.2 Å². The van der Waals surface area contributed by atoms with Crippen molar-refractivity contribution in [3.8, 4) is 0 Å². The first-order chi connectivity index (χ1) is 14.3. The average molecular weight is 459 g/mol. The summed E-state index contributed by atoms with van der Waals surface area (Å²) in [4.78, 5) is 45.7. The lowest BCUT2D eigenvalue weighted by Gasteiger charge is -2.25. The van der Waals surface area contributed by atoms with Gasteiger partial charge < -0.3 is 20.1 Å². The van der Waals surface area contributed by atoms with Crippen molar-refractivity contribution in [2.45, 2.75) is 119 Å². The Labute approximate surface area is 194 Å². The zero-order chi connectivity index (χ0) is 25.9. The Morgan fingerprint density at radius 1 is 0.750 bits per heavy atom. The first-order valence-electron chi connectivity index (χ1n) is 11.3. The number of ketones is 2. The summed E-state index contributed by atoms with van der Waals surface area (Å²) in [6.45, 7) is 21.6. The van der Waals surface area contributed by atoms with Gasteiger partial charge in [-0.05, 0) is 73.6 Å². The smallest absolute Gasteiger partial charge is 0.408 e. The van der Waals surface area contributed by atoms with Gasteiger partial charge in [0.25, 0.3) is 0 Å². The van der Waals surface area contributed by atoms with Crippen molar-refractivity contribution < 1.29 is 28.7 Å². The van der Waals surface area contributed by atoms with Crippen LogP contribution in [0.5, 0.6) is 0 Å². The third kappa shape index (κ3) is 17.5. The van der Waals surface area contributed by atoms with Gasteiger partial charge in [0.15, 0.2) is 11.6 Å². The molecular weight excluding hydrogens is 412 g/mol. The second kappa shape index (κ2) is 14.1. The van der Waals surface area contributed by atoms with E-state index in [-0.39, 0.29) is 17.5 Å². The molecule has 0 aromatic heterocycles. The van der Waals surface area contributed by atoms with Crippen LogP contribution in [-0.2, 0) is 19.1 Å². The molecule has 0 saturated heterocycles. The van der Waals surface area contributed by atoms with Crippen LogP contribution in [0.25, 0.3) is 0 Å². The van der Waals surface area contributed by atoms with Gasteiger partial charge in [0.2, 0.25) is 0 Å². The first kappa shape index (κ1) is 32.1. The SMILES string of the molecule is CC(=O)[C@@H](CC(C)C)NC(=O)OC(C)(C)C.CCC(C)[C@H](NC(=O)OC(C)(C)C)C(C)=O. The molecule has 0 aliphatic carbocycles. The average Bonchev–Trinajstić information content (AvgIpc) is 2.55. The predicted octanol–water partition coefficient (Wildman–Crippen LogP) is 5.03. The van der Waals surface area contributed by atoms with Crippen LogP contribution in [0.2, 0.25) is 0 Å². The van der Waals surface area contributed by atoms with Crippen molar-refractivity contribution in [2.75, 3.05) is 0 Å². The fourth-order valence-electron chi connectivity index (χ4n) is 2.56. The van der Waals surface area contributed by atoms with E-state index in [0.717, 1.165) is 6.42 Å². The Morgan fingerprint density at radius 2 is 1.16 bits per heavy atom. The van der Waals surface area contributed by atoms with E-state index in [1.54, 1.807) is 41.5 Å². The number of alkyl carbamates (subject to hydrolysis) is 2. The standard InChI is InChI=1S/2C12H23NO3/c1-8(2)7-10(9(3)14)13-11(15)16-12(4,5)6;1-7-8(2)10(9(3)14)13-11(15)16-12(4,5)6/h2*8,10H,7H2,1-6H3,(H,13,15)/t10-;8?,10-/m10/s1. The molecule has 0 radical (unpaired) electrons. The molecule has 0 aromatic rings. The van der Waals surface area contributed by atoms with Crippen LogP contribution < -0.4 is 10.6 Å². The molecule has 0 aromatic carbocycles. The molecule has 0 bridgehead atoms. The Kier molecular flexibility index (Phi) is 14.1. The maximum Gasteiger partial charge on any atom is 0.408 e. The van der Waals surface area contributed by atoms with E-state index in [0.29, 0.717) is 12.3 Å². The van der Waals surface area contributed by atoms with Crippen molar-refractivity contribution in [2.24, 2.45) is 11.8 Å². The number of nitrogens with one attached hydrogen (secondary N) is 2. The van der Waals surface area contributed by atoms with E-state index < -0.39 is 35.5 Å². The Hall–Kier alpha value is -2.12. The maximum absolute atomic E-state index is 11.5. The summed E-state index contributed by atoms with van der Waals surface area (Å²) in [5.41, 5.74) is -1.08. The van der Waals surface area contributed by atoms with Crippen LogP contribution >= 0.6 is 0 Å². The first-order valence-corrected chi connectivity index (χ1v) is 11.3. The molecule has 8 heteroatoms. The lowest BCUT2D eigenvalue weighted by molar-refractivity contribution is -0.120. The molecule has 3 atom stereocenters. The van der Waals surface area contributed by atoms with Gasteiger partial charge in [-0.3, -0.25) is 9.59 Å². The number of hydrogen-bond acceptors (Lipinski definition) is 6. The Morgan fingerprint density at radius 3 is 1.44 bits per heavy atom. The highest BCUT2D eigenvalue weighted by molar-refractivity contribution is 5.86. The molecule has 0 heterocycles. The molecule has 0 aliphatic rings. The summed E-state index contributed by atoms with van der Waals surface area (Å²) in [6.07, 6.45) is 0.399. The van der Waals surface area contributed by atoms with Gasteiger partial charge in [-0.2, -0.15) is 0 Å². The molecule has 8 nitrogen and oxygen atoms in total. The lowest BCUT2D eigenvalue weighted by Crippen LogP contribution is -2.46. The van der Waals surface area contributed by atoms with Gasteiger partial charge in [-0.1, -0.05) is 34.1 Å². The van der Waals surface area contributed by atoms with Gasteiger partial charge in [-0.15, -0.1) is 0 Å². The summed E-state index contributed by atoms with van der Waals surface area (Å²) >= 11 is 0. The normalized spacial score (nSPS) is 14.3. The predicted molar refractivity (Wildman–Crippen MR) is 127 cm³/mol. The highest BCUT2D eigenvalue weighted by atomic mass is 16.6. The fraction of sp³-hybridized carbons (Fsp3) is 0.833. The highest BCUT2D eigenvalue weighted by Crippen LogP contribution is 2.12. The molecule has 32 heavy (non-hydrogen) atoms. The molecule has 0 spiro atoms. The van der Waals surface area contributed by atoms with Crippen LogP contribution in [-0.4, -0.2) is 47.0 Å². The van der Waals surface area contributed by atoms with Crippen LogP contribution in [0.1, 0.15) is 95.9 Å². The van der Waals surface area contributed by atoms with E-state index in [1.807, 2.05) is 27.7 Å². The highest BCUT2D eigenvalue weighted by Gasteiger charge is 2.25. The molecule has 0 aliphatic heterocycles. The molecule has 0 fully saturated rings. The van der Waals surface area contributed by atoms with Crippen molar-refractivity contribution in [1.82, 2.24) is 10.6 Å². The number of rotatable bonds is 8. The van der Waals surface area contributed by atoms with Crippen LogP contribution in [0.15, 0.2) is 0 Å². The van der Waals surface area contributed by atoms with Crippen LogP contribution in [0, 0.1) is 11.8 Å². The van der Waals surface area contributed by atoms with Crippen LogP contribution in [0.3, 0.4) is 0 Å². The fourth-order valence-corrected chi connectivity index (χ4v) is 2.56. The quantitative estimate of drug-likeness (QED) is 0.528. The number of amides is 2. The Bertz CT molecular complexity index is 617. The summed E-state index contributed by atoms with van der Waals surface area (Å²) in [6, 6.07) is -0.908. The minimum atomic E-state index is -0.541. The van der Waals surface area contributed by atoms with E-state index in [1.165, 1.54) is 13.8 Å². The largest absolute Gasteiger partial charge is 0.444 e. The van der Waals surface area contributed by atoms with Crippen molar-refractivity contribution in [3.05, 3.63) is 0 Å². The third-order valence-corrected chi connectivity index (χ3v) is 4.21. The van der Waals surface area contributed by atoms with Crippen LogP contribution in [0.4, 0.5) is 9.59 Å². The number of ether oxygens (including phenoxy) is 2. The molecule has 2 N–H and O–H groups in total. The molecule has 0 rings (SSSR count). The van der Waals surface area contributed by atoms with Crippen molar-refractivity contribution >= 4 is 23.8 Å². The third-order valence-electron chi connectivity index (χ3n) is 4.21. The molecule has 0 saturated carbocycles. The molecule has 2 amide bonds. The van der Waals surface area contributed by atoms with E-state index in [2.05, 4.69) is 10.6 Å². The second-order valence-corrected chi connectivity index (χ2v) is 10.6. The summed E-state index contributed by atoms with van der Waals surface area (Å²) < 4.78 is 10.2.